The Bertz CT molecular complexity index is 1130. The fourth-order valence-electron chi connectivity index (χ4n) is 4.24. The second kappa shape index (κ2) is 11.3. The van der Waals surface area contributed by atoms with Crippen molar-refractivity contribution in [2.24, 2.45) is 5.10 Å². The molecule has 8 heteroatoms. The molecule has 3 aromatic rings. The lowest BCUT2D eigenvalue weighted by Gasteiger charge is -2.25. The number of phenols is 1. The predicted molar refractivity (Wildman–Crippen MR) is 136 cm³/mol. The molecule has 1 aliphatic carbocycles. The topological polar surface area (TPSA) is 92.4 Å². The molecule has 1 aromatic heterocycles. The molecule has 1 aliphatic rings. The molecule has 1 saturated carbocycles. The number of phenolic OH excluding ortho intramolecular Hbond substituents is 1. The number of rotatable bonds is 8. The smallest absolute Gasteiger partial charge is 0.250 e. The lowest BCUT2D eigenvalue weighted by molar-refractivity contribution is -0.118. The van der Waals surface area contributed by atoms with Crippen LogP contribution in [0, 0.1) is 6.92 Å². The summed E-state index contributed by atoms with van der Waals surface area (Å²) in [6.45, 7) is 4.05. The zero-order chi connectivity index (χ0) is 23.9. The lowest BCUT2D eigenvalue weighted by atomic mass is 9.95. The molecule has 1 fully saturated rings. The Morgan fingerprint density at radius 3 is 2.47 bits per heavy atom. The average Bonchev–Trinajstić information content (AvgIpc) is 3.29. The second-order valence-electron chi connectivity index (χ2n) is 8.62. The van der Waals surface area contributed by atoms with Crippen molar-refractivity contribution in [1.82, 2.24) is 20.2 Å². The van der Waals surface area contributed by atoms with E-state index in [2.05, 4.69) is 56.5 Å². The first-order chi connectivity index (χ1) is 16.5. The molecule has 2 N–H and O–H groups in total. The number of hydrogen-bond donors (Lipinski definition) is 2. The minimum absolute atomic E-state index is 0.190. The summed E-state index contributed by atoms with van der Waals surface area (Å²) >= 11 is 1.40. The standard InChI is InChI=1S/C26H31N5O2S/c1-3-23(19-13-15-22(32)16-14-19)27-28-24(33)17-34-26-30-29-25(20-11-9-18(2)10-12-20)31(26)21-7-5-4-6-8-21/h9-16,21,32H,3-8,17H2,1-2H3,(H,28,33). The van der Waals surface area contributed by atoms with Gasteiger partial charge in [0.25, 0.3) is 5.91 Å². The molecule has 7 nitrogen and oxygen atoms in total. The molecule has 0 bridgehead atoms. The normalized spacial score (nSPS) is 14.8. The third kappa shape index (κ3) is 5.86. The summed E-state index contributed by atoms with van der Waals surface area (Å²) in [4.78, 5) is 12.6. The summed E-state index contributed by atoms with van der Waals surface area (Å²) < 4.78 is 2.24. The molecule has 0 radical (unpaired) electrons. The van der Waals surface area contributed by atoms with Gasteiger partial charge >= 0.3 is 0 Å². The van der Waals surface area contributed by atoms with Crippen molar-refractivity contribution in [3.8, 4) is 17.1 Å². The fraction of sp³-hybridized carbons (Fsp3) is 0.385. The minimum Gasteiger partial charge on any atom is -0.508 e. The van der Waals surface area contributed by atoms with Crippen LogP contribution in [0.3, 0.4) is 0 Å². The molecule has 0 saturated heterocycles. The number of hydrogen-bond acceptors (Lipinski definition) is 6. The van der Waals surface area contributed by atoms with E-state index < -0.39 is 0 Å². The van der Waals surface area contributed by atoms with Crippen molar-refractivity contribution < 1.29 is 9.90 Å². The molecule has 4 rings (SSSR count). The molecule has 0 aliphatic heterocycles. The van der Waals surface area contributed by atoms with Gasteiger partial charge in [-0.1, -0.05) is 67.8 Å². The highest BCUT2D eigenvalue weighted by molar-refractivity contribution is 7.99. The van der Waals surface area contributed by atoms with E-state index in [0.717, 1.165) is 40.7 Å². The van der Waals surface area contributed by atoms with Crippen LogP contribution in [-0.4, -0.2) is 37.2 Å². The molecule has 1 amide bonds. The number of aryl methyl sites for hydroxylation is 1. The number of nitrogens with one attached hydrogen (secondary N) is 1. The van der Waals surface area contributed by atoms with Gasteiger partial charge in [0.1, 0.15) is 5.75 Å². The third-order valence-electron chi connectivity index (χ3n) is 6.10. The van der Waals surface area contributed by atoms with Crippen LogP contribution >= 0.6 is 11.8 Å². The largest absolute Gasteiger partial charge is 0.508 e. The first-order valence-electron chi connectivity index (χ1n) is 11.8. The van der Waals surface area contributed by atoms with Gasteiger partial charge in [-0.05, 0) is 56.0 Å². The molecule has 2 aromatic carbocycles. The molecular formula is C26H31N5O2S. The van der Waals surface area contributed by atoms with E-state index >= 15 is 0 Å². The van der Waals surface area contributed by atoms with Gasteiger partial charge in [0.05, 0.1) is 11.5 Å². The van der Waals surface area contributed by atoms with E-state index in [4.69, 9.17) is 0 Å². The molecule has 178 valence electrons. The number of nitrogens with zero attached hydrogens (tertiary/aromatic N) is 4. The zero-order valence-electron chi connectivity index (χ0n) is 19.7. The Labute approximate surface area is 204 Å². The second-order valence-corrected chi connectivity index (χ2v) is 9.56. The summed E-state index contributed by atoms with van der Waals surface area (Å²) in [5.74, 6) is 1.08. The Balaban J connectivity index is 1.48. The Hall–Kier alpha value is -3.13. The number of aromatic hydroxyl groups is 1. The Morgan fingerprint density at radius 1 is 1.09 bits per heavy atom. The minimum atomic E-state index is -0.190. The van der Waals surface area contributed by atoms with Crippen LogP contribution in [0.15, 0.2) is 58.8 Å². The number of carbonyl (C=O) groups excluding carboxylic acids is 1. The highest BCUT2D eigenvalue weighted by Gasteiger charge is 2.24. The van der Waals surface area contributed by atoms with E-state index in [1.165, 1.54) is 36.6 Å². The van der Waals surface area contributed by atoms with Gasteiger partial charge in [0, 0.05) is 11.6 Å². The maximum absolute atomic E-state index is 12.6. The van der Waals surface area contributed by atoms with Gasteiger partial charge in [0.15, 0.2) is 11.0 Å². The molecule has 0 atom stereocenters. The maximum Gasteiger partial charge on any atom is 0.250 e. The number of hydrazone groups is 1. The quantitative estimate of drug-likeness (QED) is 0.254. The van der Waals surface area contributed by atoms with Crippen molar-refractivity contribution in [3.05, 3.63) is 59.7 Å². The van der Waals surface area contributed by atoms with Crippen LogP contribution in [0.2, 0.25) is 0 Å². The van der Waals surface area contributed by atoms with Crippen LogP contribution in [-0.2, 0) is 4.79 Å². The summed E-state index contributed by atoms with van der Waals surface area (Å²) in [7, 11) is 0. The van der Waals surface area contributed by atoms with Gasteiger partial charge in [-0.15, -0.1) is 10.2 Å². The van der Waals surface area contributed by atoms with Crippen LogP contribution in [0.25, 0.3) is 11.4 Å². The van der Waals surface area contributed by atoms with Crippen LogP contribution in [0.1, 0.15) is 62.6 Å². The molecule has 34 heavy (non-hydrogen) atoms. The SMILES string of the molecule is CCC(=NNC(=O)CSc1nnc(-c2ccc(C)cc2)n1C1CCCCC1)c1ccc(O)cc1. The predicted octanol–water partition coefficient (Wildman–Crippen LogP) is 5.49. The van der Waals surface area contributed by atoms with Gasteiger partial charge in [-0.3, -0.25) is 9.36 Å². The van der Waals surface area contributed by atoms with Crippen molar-refractivity contribution in [2.75, 3.05) is 5.75 Å². The van der Waals surface area contributed by atoms with Crippen molar-refractivity contribution in [2.45, 2.75) is 63.6 Å². The summed E-state index contributed by atoms with van der Waals surface area (Å²) in [6, 6.07) is 15.5. The molecule has 0 unspecified atom stereocenters. The number of benzene rings is 2. The van der Waals surface area contributed by atoms with Crippen LogP contribution in [0.4, 0.5) is 0 Å². The molecular weight excluding hydrogens is 446 g/mol. The van der Waals surface area contributed by atoms with Gasteiger partial charge < -0.3 is 5.11 Å². The van der Waals surface area contributed by atoms with E-state index in [9.17, 15) is 9.90 Å². The van der Waals surface area contributed by atoms with Crippen LogP contribution < -0.4 is 5.43 Å². The highest BCUT2D eigenvalue weighted by atomic mass is 32.2. The van der Waals surface area contributed by atoms with Gasteiger partial charge in [-0.2, -0.15) is 5.10 Å². The van der Waals surface area contributed by atoms with E-state index in [1.54, 1.807) is 24.3 Å². The number of carbonyl (C=O) groups is 1. The van der Waals surface area contributed by atoms with E-state index in [-0.39, 0.29) is 17.4 Å². The Morgan fingerprint density at radius 2 is 1.79 bits per heavy atom. The van der Waals surface area contributed by atoms with Gasteiger partial charge in [0.2, 0.25) is 0 Å². The fourth-order valence-corrected chi connectivity index (χ4v) is 5.03. The first-order valence-corrected chi connectivity index (χ1v) is 12.8. The van der Waals surface area contributed by atoms with Crippen molar-refractivity contribution in [1.29, 1.82) is 0 Å². The van der Waals surface area contributed by atoms with Crippen molar-refractivity contribution in [3.63, 3.8) is 0 Å². The van der Waals surface area contributed by atoms with Crippen LogP contribution in [0.5, 0.6) is 5.75 Å². The molecule has 1 heterocycles. The third-order valence-corrected chi connectivity index (χ3v) is 7.04. The summed E-state index contributed by atoms with van der Waals surface area (Å²) in [5.41, 5.74) is 6.55. The molecule has 0 spiro atoms. The van der Waals surface area contributed by atoms with Crippen molar-refractivity contribution >= 4 is 23.4 Å². The monoisotopic (exact) mass is 477 g/mol. The van der Waals surface area contributed by atoms with Gasteiger partial charge in [-0.25, -0.2) is 5.43 Å². The summed E-state index contributed by atoms with van der Waals surface area (Å²) in [6.07, 6.45) is 6.54. The number of amides is 1. The van der Waals surface area contributed by atoms with E-state index in [1.807, 2.05) is 6.92 Å². The highest BCUT2D eigenvalue weighted by Crippen LogP contribution is 2.35. The number of thioether (sulfide) groups is 1. The van der Waals surface area contributed by atoms with E-state index in [0.29, 0.717) is 12.5 Å². The average molecular weight is 478 g/mol. The lowest BCUT2D eigenvalue weighted by Crippen LogP contribution is -2.22. The number of aromatic nitrogens is 3. The summed E-state index contributed by atoms with van der Waals surface area (Å²) in [5, 5.41) is 23.5. The first kappa shape index (κ1) is 24.0. The maximum atomic E-state index is 12.6. The Kier molecular flexibility index (Phi) is 8.00. The zero-order valence-corrected chi connectivity index (χ0v) is 20.5.